The second kappa shape index (κ2) is 10.6. The highest BCUT2D eigenvalue weighted by Gasteiger charge is 2.51. The van der Waals surface area contributed by atoms with Crippen molar-refractivity contribution < 1.29 is 14.6 Å². The molecule has 0 bridgehead atoms. The Hall–Kier alpha value is -1.63. The van der Waals surface area contributed by atoms with E-state index >= 15 is 0 Å². The lowest BCUT2D eigenvalue weighted by Gasteiger charge is -2.40. The van der Waals surface area contributed by atoms with Crippen LogP contribution in [0.5, 0.6) is 0 Å². The summed E-state index contributed by atoms with van der Waals surface area (Å²) in [4.78, 5) is 16.6. The van der Waals surface area contributed by atoms with E-state index in [-0.39, 0.29) is 17.6 Å². The average Bonchev–Trinajstić information content (AvgIpc) is 2.97. The molecule has 6 heteroatoms. The van der Waals surface area contributed by atoms with Crippen molar-refractivity contribution in [3.63, 3.8) is 0 Å². The van der Waals surface area contributed by atoms with Gasteiger partial charge in [-0.15, -0.1) is 0 Å². The third-order valence-electron chi connectivity index (χ3n) is 5.30. The molecule has 3 heterocycles. The van der Waals surface area contributed by atoms with Crippen molar-refractivity contribution in [2.24, 2.45) is 0 Å². The summed E-state index contributed by atoms with van der Waals surface area (Å²) in [5.74, 6) is 0.271. The Morgan fingerprint density at radius 1 is 1.11 bits per heavy atom. The van der Waals surface area contributed by atoms with E-state index in [0.717, 1.165) is 57.7 Å². The van der Waals surface area contributed by atoms with Gasteiger partial charge in [-0.2, -0.15) is 0 Å². The molecule has 1 amide bonds. The summed E-state index contributed by atoms with van der Waals surface area (Å²) in [6.07, 6.45) is 3.34. The topological polar surface area (TPSA) is 65.0 Å². The van der Waals surface area contributed by atoms with Gasteiger partial charge in [0, 0.05) is 25.9 Å². The second-order valence-electron chi connectivity index (χ2n) is 7.03. The zero-order valence-corrected chi connectivity index (χ0v) is 17.0. The number of ether oxygens (including phenoxy) is 1. The fourth-order valence-corrected chi connectivity index (χ4v) is 3.83. The van der Waals surface area contributed by atoms with E-state index in [1.54, 1.807) is 0 Å². The zero-order valence-electron chi connectivity index (χ0n) is 17.0. The Morgan fingerprint density at radius 3 is 2.22 bits per heavy atom. The summed E-state index contributed by atoms with van der Waals surface area (Å²) < 4.78 is 4.98. The first-order valence-electron chi connectivity index (χ1n) is 10.2. The lowest BCUT2D eigenvalue weighted by atomic mass is 9.86. The highest BCUT2D eigenvalue weighted by molar-refractivity contribution is 5.93. The highest BCUT2D eigenvalue weighted by atomic mass is 16.5. The lowest BCUT2D eigenvalue weighted by Crippen LogP contribution is -2.55. The molecule has 3 aliphatic rings. The van der Waals surface area contributed by atoms with Crippen molar-refractivity contribution in [1.82, 2.24) is 10.2 Å². The molecule has 0 atom stereocenters. The second-order valence-corrected chi connectivity index (χ2v) is 7.03. The summed E-state index contributed by atoms with van der Waals surface area (Å²) in [7, 11) is 1.90. The fraction of sp³-hybridized carbons (Fsp3) is 0.667. The predicted molar refractivity (Wildman–Crippen MR) is 109 cm³/mol. The van der Waals surface area contributed by atoms with Gasteiger partial charge in [0.15, 0.2) is 0 Å². The SMILES string of the molecule is CC.CN1CN(c2ccccc2)C2(CCNCC2)C1=O.OC1CCOCC1. The van der Waals surface area contributed by atoms with Gasteiger partial charge >= 0.3 is 0 Å². The third-order valence-corrected chi connectivity index (χ3v) is 5.30. The number of anilines is 1. The van der Waals surface area contributed by atoms with Crippen molar-refractivity contribution in [3.8, 4) is 0 Å². The van der Waals surface area contributed by atoms with Crippen LogP contribution >= 0.6 is 0 Å². The van der Waals surface area contributed by atoms with Crippen LogP contribution in [-0.2, 0) is 9.53 Å². The Morgan fingerprint density at radius 2 is 1.70 bits per heavy atom. The molecule has 0 unspecified atom stereocenters. The van der Waals surface area contributed by atoms with Gasteiger partial charge in [0.1, 0.15) is 5.54 Å². The van der Waals surface area contributed by atoms with Crippen LogP contribution in [0.3, 0.4) is 0 Å². The molecule has 1 aromatic rings. The van der Waals surface area contributed by atoms with E-state index in [1.165, 1.54) is 0 Å². The maximum atomic E-state index is 12.5. The predicted octanol–water partition coefficient (Wildman–Crippen LogP) is 2.23. The number of hydrogen-bond acceptors (Lipinski definition) is 5. The van der Waals surface area contributed by atoms with E-state index < -0.39 is 0 Å². The van der Waals surface area contributed by atoms with Crippen LogP contribution in [0.15, 0.2) is 30.3 Å². The van der Waals surface area contributed by atoms with Crippen molar-refractivity contribution >= 4 is 11.6 Å². The molecule has 3 saturated heterocycles. The molecule has 0 saturated carbocycles. The number of nitrogens with one attached hydrogen (secondary N) is 1. The van der Waals surface area contributed by atoms with Crippen LogP contribution in [-0.4, -0.2) is 67.6 Å². The number of likely N-dealkylation sites (N-methyl/N-ethyl adjacent to an activating group) is 1. The van der Waals surface area contributed by atoms with Crippen LogP contribution in [0.1, 0.15) is 39.5 Å². The Balaban J connectivity index is 0.000000244. The monoisotopic (exact) mass is 377 g/mol. The number of hydrogen-bond donors (Lipinski definition) is 2. The summed E-state index contributed by atoms with van der Waals surface area (Å²) >= 11 is 0. The molecule has 3 aliphatic heterocycles. The molecule has 0 aliphatic carbocycles. The minimum atomic E-state index is -0.318. The van der Waals surface area contributed by atoms with Crippen molar-refractivity contribution in [1.29, 1.82) is 0 Å². The fourth-order valence-electron chi connectivity index (χ4n) is 3.83. The van der Waals surface area contributed by atoms with Gasteiger partial charge in [-0.1, -0.05) is 32.0 Å². The van der Waals surface area contributed by atoms with Crippen LogP contribution in [0, 0.1) is 0 Å². The van der Waals surface area contributed by atoms with Gasteiger partial charge in [-0.3, -0.25) is 4.79 Å². The average molecular weight is 378 g/mol. The molecule has 0 aromatic heterocycles. The largest absolute Gasteiger partial charge is 0.393 e. The number of nitrogens with zero attached hydrogens (tertiary/aromatic N) is 2. The Kier molecular flexibility index (Phi) is 8.54. The molecule has 4 rings (SSSR count). The van der Waals surface area contributed by atoms with Crippen molar-refractivity contribution in [2.75, 3.05) is 44.9 Å². The maximum absolute atomic E-state index is 12.5. The summed E-state index contributed by atoms with van der Waals surface area (Å²) in [6.45, 7) is 8.01. The van der Waals surface area contributed by atoms with E-state index in [4.69, 9.17) is 9.84 Å². The minimum absolute atomic E-state index is 0.0891. The molecule has 2 N–H and O–H groups in total. The summed E-state index contributed by atoms with van der Waals surface area (Å²) in [5, 5.41) is 12.2. The normalized spacial score (nSPS) is 22.0. The van der Waals surface area contributed by atoms with Crippen LogP contribution < -0.4 is 10.2 Å². The summed E-state index contributed by atoms with van der Waals surface area (Å²) in [6, 6.07) is 10.3. The molecule has 27 heavy (non-hydrogen) atoms. The van der Waals surface area contributed by atoms with Gasteiger partial charge in [0.05, 0.1) is 12.8 Å². The Bertz CT molecular complexity index is 555. The van der Waals surface area contributed by atoms with Gasteiger partial charge in [0.25, 0.3) is 0 Å². The zero-order chi connectivity index (χ0) is 19.7. The molecule has 3 fully saturated rings. The maximum Gasteiger partial charge on any atom is 0.249 e. The van der Waals surface area contributed by atoms with E-state index in [2.05, 4.69) is 22.3 Å². The van der Waals surface area contributed by atoms with E-state index in [9.17, 15) is 4.79 Å². The minimum Gasteiger partial charge on any atom is -0.393 e. The van der Waals surface area contributed by atoms with Gasteiger partial charge in [0.2, 0.25) is 5.91 Å². The molecule has 1 aromatic carbocycles. The first-order chi connectivity index (χ1) is 13.1. The number of benzene rings is 1. The number of rotatable bonds is 1. The first-order valence-corrected chi connectivity index (χ1v) is 10.2. The highest BCUT2D eigenvalue weighted by Crippen LogP contribution is 2.37. The van der Waals surface area contributed by atoms with Gasteiger partial charge < -0.3 is 25.0 Å². The quantitative estimate of drug-likeness (QED) is 0.786. The number of aliphatic hydroxyl groups excluding tert-OH is 1. The van der Waals surface area contributed by atoms with Crippen LogP contribution in [0.4, 0.5) is 5.69 Å². The Labute approximate surface area is 163 Å². The van der Waals surface area contributed by atoms with Crippen LogP contribution in [0.2, 0.25) is 0 Å². The number of aliphatic hydroxyl groups is 1. The molecule has 1 spiro atoms. The number of piperidine rings is 1. The molecular formula is C21H35N3O3. The molecule has 6 nitrogen and oxygen atoms in total. The molecule has 152 valence electrons. The third kappa shape index (κ3) is 5.21. The number of para-hydroxylation sites is 1. The van der Waals surface area contributed by atoms with Gasteiger partial charge in [-0.25, -0.2) is 0 Å². The number of carbonyl (C=O) groups is 1. The standard InChI is InChI=1S/C14H19N3O.C5H10O2.C2H6/c1-16-11-17(12-5-3-2-4-6-12)14(13(16)18)7-9-15-10-8-14;6-5-1-3-7-4-2-5;1-2/h2-6,15H,7-11H2,1H3;5-6H,1-4H2;1-2H3. The van der Waals surface area contributed by atoms with Crippen molar-refractivity contribution in [3.05, 3.63) is 30.3 Å². The molecular weight excluding hydrogens is 342 g/mol. The summed E-state index contributed by atoms with van der Waals surface area (Å²) in [5.41, 5.74) is 0.832. The number of carbonyl (C=O) groups excluding carboxylic acids is 1. The first kappa shape index (κ1) is 21.7. The van der Waals surface area contributed by atoms with E-state index in [1.807, 2.05) is 44.0 Å². The van der Waals surface area contributed by atoms with Crippen LogP contribution in [0.25, 0.3) is 0 Å². The molecule has 0 radical (unpaired) electrons. The van der Waals surface area contributed by atoms with Crippen molar-refractivity contribution in [2.45, 2.75) is 51.2 Å². The van der Waals surface area contributed by atoms with E-state index in [0.29, 0.717) is 6.67 Å². The van der Waals surface area contributed by atoms with Gasteiger partial charge in [-0.05, 0) is 50.9 Å². The lowest BCUT2D eigenvalue weighted by molar-refractivity contribution is -0.131. The smallest absolute Gasteiger partial charge is 0.249 e. The number of amides is 1.